The summed E-state index contributed by atoms with van der Waals surface area (Å²) in [5, 5.41) is 0. The van der Waals surface area contributed by atoms with Crippen molar-refractivity contribution < 1.29 is 28.6 Å². The van der Waals surface area contributed by atoms with Crippen molar-refractivity contribution in [1.82, 2.24) is 0 Å². The molecule has 0 saturated heterocycles. The van der Waals surface area contributed by atoms with Crippen LogP contribution in [0.15, 0.2) is 60.8 Å². The average Bonchev–Trinajstić information content (AvgIpc) is 3.23. The number of esters is 3. The van der Waals surface area contributed by atoms with Gasteiger partial charge in [0, 0.05) is 19.3 Å². The van der Waals surface area contributed by atoms with E-state index in [0.29, 0.717) is 19.3 Å². The van der Waals surface area contributed by atoms with Crippen molar-refractivity contribution in [3.8, 4) is 0 Å². The molecule has 0 aliphatic rings. The van der Waals surface area contributed by atoms with Crippen LogP contribution in [0.25, 0.3) is 0 Å². The van der Waals surface area contributed by atoms with Crippen LogP contribution < -0.4 is 0 Å². The molecule has 59 heavy (non-hydrogen) atoms. The second kappa shape index (κ2) is 47.8. The van der Waals surface area contributed by atoms with Gasteiger partial charge in [0.1, 0.15) is 13.2 Å². The number of hydrogen-bond acceptors (Lipinski definition) is 6. The Morgan fingerprint density at radius 2 is 0.627 bits per heavy atom. The molecule has 1 unspecified atom stereocenters. The largest absolute Gasteiger partial charge is 0.462 e. The summed E-state index contributed by atoms with van der Waals surface area (Å²) in [5.74, 6) is -0.919. The van der Waals surface area contributed by atoms with Crippen molar-refractivity contribution in [2.45, 2.75) is 245 Å². The fourth-order valence-corrected chi connectivity index (χ4v) is 6.64. The van der Waals surface area contributed by atoms with Crippen LogP contribution in [0.3, 0.4) is 0 Å². The van der Waals surface area contributed by atoms with Crippen molar-refractivity contribution in [1.29, 1.82) is 0 Å². The van der Waals surface area contributed by atoms with E-state index in [1.165, 1.54) is 103 Å². The molecular weight excluding hydrogens is 733 g/mol. The maximum Gasteiger partial charge on any atom is 0.306 e. The second-order valence-corrected chi connectivity index (χ2v) is 16.4. The molecular formula is C53H92O6. The van der Waals surface area contributed by atoms with Crippen LogP contribution in [0, 0.1) is 0 Å². The highest BCUT2D eigenvalue weighted by Crippen LogP contribution is 2.13. The third-order valence-corrected chi connectivity index (χ3v) is 10.5. The molecule has 340 valence electrons. The molecule has 0 radical (unpaired) electrons. The third kappa shape index (κ3) is 46.0. The minimum atomic E-state index is -0.785. The molecule has 0 fully saturated rings. The third-order valence-electron chi connectivity index (χ3n) is 10.5. The smallest absolute Gasteiger partial charge is 0.306 e. The maximum atomic E-state index is 12.7. The molecule has 0 aromatic carbocycles. The molecule has 0 N–H and O–H groups in total. The topological polar surface area (TPSA) is 78.9 Å². The van der Waals surface area contributed by atoms with Crippen LogP contribution in [0.1, 0.15) is 239 Å². The Hall–Kier alpha value is -2.89. The zero-order chi connectivity index (χ0) is 43.0. The first-order chi connectivity index (χ1) is 29.0. The first-order valence-electron chi connectivity index (χ1n) is 24.8. The summed E-state index contributed by atoms with van der Waals surface area (Å²) in [6.07, 6.45) is 57.7. The lowest BCUT2D eigenvalue weighted by Gasteiger charge is -2.18. The highest BCUT2D eigenvalue weighted by molar-refractivity contribution is 5.71. The normalized spacial score (nSPS) is 12.5. The van der Waals surface area contributed by atoms with Gasteiger partial charge in [-0.25, -0.2) is 0 Å². The van der Waals surface area contributed by atoms with Crippen LogP contribution in [-0.4, -0.2) is 37.2 Å². The van der Waals surface area contributed by atoms with Gasteiger partial charge in [0.15, 0.2) is 6.10 Å². The molecule has 6 nitrogen and oxygen atoms in total. The van der Waals surface area contributed by atoms with Gasteiger partial charge in [-0.2, -0.15) is 0 Å². The quantitative estimate of drug-likeness (QED) is 0.0263. The van der Waals surface area contributed by atoms with Gasteiger partial charge in [0.25, 0.3) is 0 Å². The lowest BCUT2D eigenvalue weighted by Crippen LogP contribution is -2.30. The molecule has 6 heteroatoms. The summed E-state index contributed by atoms with van der Waals surface area (Å²) in [6, 6.07) is 0. The van der Waals surface area contributed by atoms with Crippen molar-refractivity contribution in [3.05, 3.63) is 60.8 Å². The van der Waals surface area contributed by atoms with Gasteiger partial charge >= 0.3 is 17.9 Å². The van der Waals surface area contributed by atoms with Crippen LogP contribution in [0.5, 0.6) is 0 Å². The second-order valence-electron chi connectivity index (χ2n) is 16.4. The van der Waals surface area contributed by atoms with Gasteiger partial charge in [-0.05, 0) is 96.3 Å². The fraction of sp³-hybridized carbons (Fsp3) is 0.755. The zero-order valence-corrected chi connectivity index (χ0v) is 38.8. The van der Waals surface area contributed by atoms with E-state index in [-0.39, 0.29) is 31.1 Å². The summed E-state index contributed by atoms with van der Waals surface area (Å²) in [4.78, 5) is 37.8. The Balaban J connectivity index is 4.36. The standard InChI is InChI=1S/C53H92O6/c1-4-7-10-13-16-19-22-23-24-25-26-27-28-29-32-34-37-40-43-46-52(55)58-49-50(59-53(56)47-44-41-38-35-31-21-18-15-12-9-6-3)48-57-51(54)45-42-39-36-33-30-20-17-14-11-8-5-2/h14-19,23-24,26-27,50H,4-13,20-22,25,28-49H2,1-3H3/b17-14-,18-15-,19-16-,24-23-,27-26-. The molecule has 0 spiro atoms. The lowest BCUT2D eigenvalue weighted by molar-refractivity contribution is -0.167. The van der Waals surface area contributed by atoms with E-state index in [1.807, 2.05) is 0 Å². The Kier molecular flexibility index (Phi) is 45.4. The number of carbonyl (C=O) groups is 3. The van der Waals surface area contributed by atoms with Crippen LogP contribution >= 0.6 is 0 Å². The minimum absolute atomic E-state index is 0.0866. The van der Waals surface area contributed by atoms with E-state index in [4.69, 9.17) is 14.2 Å². The van der Waals surface area contributed by atoms with Gasteiger partial charge in [-0.15, -0.1) is 0 Å². The van der Waals surface area contributed by atoms with E-state index in [9.17, 15) is 14.4 Å². The Labute approximate surface area is 364 Å². The molecule has 0 bridgehead atoms. The summed E-state index contributed by atoms with van der Waals surface area (Å²) in [5.41, 5.74) is 0. The molecule has 0 aromatic heterocycles. The summed E-state index contributed by atoms with van der Waals surface area (Å²) < 4.78 is 16.7. The predicted molar refractivity (Wildman–Crippen MR) is 251 cm³/mol. The molecule has 0 aromatic rings. The monoisotopic (exact) mass is 825 g/mol. The zero-order valence-electron chi connectivity index (χ0n) is 38.8. The maximum absolute atomic E-state index is 12.7. The molecule has 0 rings (SSSR count). The molecule has 1 atom stereocenters. The average molecular weight is 825 g/mol. The predicted octanol–water partition coefficient (Wildman–Crippen LogP) is 16.1. The van der Waals surface area contributed by atoms with Gasteiger partial charge < -0.3 is 14.2 Å². The summed E-state index contributed by atoms with van der Waals surface area (Å²) in [7, 11) is 0. The number of carbonyl (C=O) groups excluding carboxylic acids is 3. The van der Waals surface area contributed by atoms with Crippen LogP contribution in [0.4, 0.5) is 0 Å². The van der Waals surface area contributed by atoms with E-state index in [2.05, 4.69) is 81.5 Å². The first kappa shape index (κ1) is 56.1. The van der Waals surface area contributed by atoms with Gasteiger partial charge in [-0.1, -0.05) is 184 Å². The van der Waals surface area contributed by atoms with E-state index < -0.39 is 6.10 Å². The van der Waals surface area contributed by atoms with E-state index in [0.717, 1.165) is 96.3 Å². The highest BCUT2D eigenvalue weighted by Gasteiger charge is 2.19. The van der Waals surface area contributed by atoms with Crippen molar-refractivity contribution in [3.63, 3.8) is 0 Å². The number of allylic oxidation sites excluding steroid dienone is 10. The van der Waals surface area contributed by atoms with Gasteiger partial charge in [-0.3, -0.25) is 14.4 Å². The summed E-state index contributed by atoms with van der Waals surface area (Å²) >= 11 is 0. The van der Waals surface area contributed by atoms with Crippen molar-refractivity contribution in [2.75, 3.05) is 13.2 Å². The highest BCUT2D eigenvalue weighted by atomic mass is 16.6. The first-order valence-corrected chi connectivity index (χ1v) is 24.8. The molecule has 0 saturated carbocycles. The molecule has 0 amide bonds. The van der Waals surface area contributed by atoms with E-state index in [1.54, 1.807) is 0 Å². The van der Waals surface area contributed by atoms with Crippen LogP contribution in [0.2, 0.25) is 0 Å². The van der Waals surface area contributed by atoms with Gasteiger partial charge in [0.05, 0.1) is 0 Å². The van der Waals surface area contributed by atoms with Crippen LogP contribution in [-0.2, 0) is 28.6 Å². The van der Waals surface area contributed by atoms with Crippen molar-refractivity contribution >= 4 is 17.9 Å². The number of unbranched alkanes of at least 4 members (excludes halogenated alkanes) is 23. The lowest BCUT2D eigenvalue weighted by atomic mass is 10.1. The minimum Gasteiger partial charge on any atom is -0.462 e. The summed E-state index contributed by atoms with van der Waals surface area (Å²) in [6.45, 7) is 6.50. The van der Waals surface area contributed by atoms with E-state index >= 15 is 0 Å². The molecule has 0 aliphatic carbocycles. The Bertz CT molecular complexity index is 1090. The number of ether oxygens (including phenoxy) is 3. The van der Waals surface area contributed by atoms with Crippen molar-refractivity contribution in [2.24, 2.45) is 0 Å². The Morgan fingerprint density at radius 1 is 0.339 bits per heavy atom. The number of hydrogen-bond donors (Lipinski definition) is 0. The van der Waals surface area contributed by atoms with Gasteiger partial charge in [0.2, 0.25) is 0 Å². The molecule has 0 aliphatic heterocycles. The fourth-order valence-electron chi connectivity index (χ4n) is 6.64. The Morgan fingerprint density at radius 3 is 1.02 bits per heavy atom. The molecule has 0 heterocycles. The number of rotatable bonds is 44. The SMILES string of the molecule is CCCC/C=C\CCCCCCCC(=O)OCC(COC(=O)CCCCCCCC/C=C\C/C=C\C/C=C\CCCCC)OC(=O)CCCCCCC/C=C\CCCC.